The predicted molar refractivity (Wildman–Crippen MR) is 119 cm³/mol. The van der Waals surface area contributed by atoms with E-state index in [0.29, 0.717) is 43.4 Å². The molecule has 2 heterocycles. The number of hydrogen-bond acceptors (Lipinski definition) is 6. The third-order valence-electron chi connectivity index (χ3n) is 5.40. The van der Waals surface area contributed by atoms with Crippen LogP contribution in [0.4, 0.5) is 24.5 Å². The van der Waals surface area contributed by atoms with Crippen molar-refractivity contribution in [1.29, 1.82) is 0 Å². The van der Waals surface area contributed by atoms with Gasteiger partial charge < -0.3 is 20.9 Å². The summed E-state index contributed by atoms with van der Waals surface area (Å²) >= 11 is 6.25. The number of pyridine rings is 1. The fourth-order valence-corrected chi connectivity index (χ4v) is 4.01. The zero-order valence-corrected chi connectivity index (χ0v) is 17.8. The van der Waals surface area contributed by atoms with Crippen LogP contribution in [0, 0.1) is 0 Å². The Hall–Kier alpha value is -2.75. The molecule has 2 aromatic carbocycles. The maximum absolute atomic E-state index is 13.4. The highest BCUT2D eigenvalue weighted by Crippen LogP contribution is 2.42. The third kappa shape index (κ3) is 4.85. The summed E-state index contributed by atoms with van der Waals surface area (Å²) in [7, 11) is 0. The Morgan fingerprint density at radius 3 is 2.59 bits per heavy atom. The molecule has 0 amide bonds. The van der Waals surface area contributed by atoms with Gasteiger partial charge in [0.1, 0.15) is 5.75 Å². The molecule has 0 unspecified atom stereocenters. The molecule has 0 saturated carbocycles. The zero-order chi connectivity index (χ0) is 22.9. The van der Waals surface area contributed by atoms with E-state index in [1.807, 2.05) is 6.07 Å². The van der Waals surface area contributed by atoms with Gasteiger partial charge in [-0.25, -0.2) is 4.98 Å². The van der Waals surface area contributed by atoms with Crippen molar-refractivity contribution in [3.63, 3.8) is 0 Å². The van der Waals surface area contributed by atoms with Crippen molar-refractivity contribution in [2.45, 2.75) is 12.8 Å². The number of aromatic nitrogens is 1. The van der Waals surface area contributed by atoms with E-state index < -0.39 is 12.1 Å². The molecule has 0 bridgehead atoms. The SMILES string of the molecule is Nc1cc(-c2ccc3cccc(Cl)c3n2)c(OC(F)(F)F)c(CCN2CCOCC2)c1N. The van der Waals surface area contributed by atoms with E-state index in [0.717, 1.165) is 5.39 Å². The number of benzene rings is 2. The maximum Gasteiger partial charge on any atom is 0.573 e. The summed E-state index contributed by atoms with van der Waals surface area (Å²) in [5.41, 5.74) is 13.5. The summed E-state index contributed by atoms with van der Waals surface area (Å²) in [4.78, 5) is 6.59. The fraction of sp³-hybridized carbons (Fsp3) is 0.318. The van der Waals surface area contributed by atoms with Crippen LogP contribution in [-0.2, 0) is 11.2 Å². The highest BCUT2D eigenvalue weighted by Gasteiger charge is 2.35. The first-order valence-electron chi connectivity index (χ1n) is 10.1. The summed E-state index contributed by atoms with van der Waals surface area (Å²) in [6.07, 6.45) is -4.69. The van der Waals surface area contributed by atoms with Crippen LogP contribution in [0.5, 0.6) is 5.75 Å². The van der Waals surface area contributed by atoms with Gasteiger partial charge >= 0.3 is 6.36 Å². The van der Waals surface area contributed by atoms with Crippen molar-refractivity contribution >= 4 is 33.9 Å². The molecule has 0 aliphatic carbocycles. The van der Waals surface area contributed by atoms with Crippen LogP contribution in [0.3, 0.4) is 0 Å². The van der Waals surface area contributed by atoms with Crippen LogP contribution in [-0.4, -0.2) is 49.1 Å². The van der Waals surface area contributed by atoms with Gasteiger partial charge in [0, 0.05) is 36.1 Å². The summed E-state index contributed by atoms with van der Waals surface area (Å²) in [6, 6.07) is 9.96. The average Bonchev–Trinajstić information content (AvgIpc) is 2.76. The smallest absolute Gasteiger partial charge is 0.405 e. The Morgan fingerprint density at radius 1 is 1.12 bits per heavy atom. The van der Waals surface area contributed by atoms with E-state index in [2.05, 4.69) is 14.6 Å². The van der Waals surface area contributed by atoms with Gasteiger partial charge in [-0.15, -0.1) is 13.2 Å². The maximum atomic E-state index is 13.4. The quantitative estimate of drug-likeness (QED) is 0.539. The van der Waals surface area contributed by atoms with Crippen molar-refractivity contribution in [2.24, 2.45) is 0 Å². The molecule has 4 rings (SSSR count). The van der Waals surface area contributed by atoms with Gasteiger partial charge in [-0.3, -0.25) is 4.90 Å². The van der Waals surface area contributed by atoms with Gasteiger partial charge in [-0.1, -0.05) is 29.8 Å². The minimum absolute atomic E-state index is 0.0695. The number of nitrogen functional groups attached to an aromatic ring is 2. The highest BCUT2D eigenvalue weighted by atomic mass is 35.5. The molecule has 1 fully saturated rings. The Balaban J connectivity index is 1.82. The molecule has 170 valence electrons. The highest BCUT2D eigenvalue weighted by molar-refractivity contribution is 6.35. The van der Waals surface area contributed by atoms with Crippen molar-refractivity contribution in [2.75, 3.05) is 44.3 Å². The summed E-state index contributed by atoms with van der Waals surface area (Å²) in [6.45, 7) is 3.02. The zero-order valence-electron chi connectivity index (χ0n) is 17.1. The topological polar surface area (TPSA) is 86.6 Å². The van der Waals surface area contributed by atoms with Crippen LogP contribution < -0.4 is 16.2 Å². The van der Waals surface area contributed by atoms with Gasteiger partial charge in [0.05, 0.1) is 40.8 Å². The van der Waals surface area contributed by atoms with Gasteiger partial charge in [0.15, 0.2) is 0 Å². The van der Waals surface area contributed by atoms with Crippen LogP contribution in [0.15, 0.2) is 36.4 Å². The summed E-state index contributed by atoms with van der Waals surface area (Å²) in [5, 5.41) is 1.15. The van der Waals surface area contributed by atoms with Crippen molar-refractivity contribution < 1.29 is 22.6 Å². The average molecular weight is 467 g/mol. The second kappa shape index (κ2) is 9.01. The second-order valence-electron chi connectivity index (χ2n) is 7.49. The normalized spacial score (nSPS) is 15.2. The monoisotopic (exact) mass is 466 g/mol. The third-order valence-corrected chi connectivity index (χ3v) is 5.71. The van der Waals surface area contributed by atoms with E-state index in [9.17, 15) is 13.2 Å². The number of anilines is 2. The van der Waals surface area contributed by atoms with Crippen molar-refractivity contribution in [1.82, 2.24) is 9.88 Å². The lowest BCUT2D eigenvalue weighted by Gasteiger charge is -2.27. The van der Waals surface area contributed by atoms with E-state index in [4.69, 9.17) is 27.8 Å². The number of hydrogen-bond donors (Lipinski definition) is 2. The Bertz CT molecular complexity index is 1130. The predicted octanol–water partition coefficient (Wildman–Crippen LogP) is 4.49. The summed E-state index contributed by atoms with van der Waals surface area (Å²) in [5.74, 6) is -0.392. The fourth-order valence-electron chi connectivity index (χ4n) is 3.78. The number of morpholine rings is 1. The molecular formula is C22H22ClF3N4O2. The van der Waals surface area contributed by atoms with E-state index in [1.54, 1.807) is 24.3 Å². The number of fused-ring (bicyclic) bond motifs is 1. The van der Waals surface area contributed by atoms with Crippen LogP contribution in [0.1, 0.15) is 5.56 Å². The summed E-state index contributed by atoms with van der Waals surface area (Å²) < 4.78 is 50.0. The molecular weight excluding hydrogens is 445 g/mol. The molecule has 10 heteroatoms. The van der Waals surface area contributed by atoms with E-state index >= 15 is 0 Å². The first kappa shape index (κ1) is 22.4. The van der Waals surface area contributed by atoms with Crippen molar-refractivity contribution in [3.05, 3.63) is 47.0 Å². The lowest BCUT2D eigenvalue weighted by atomic mass is 9.99. The molecule has 1 aliphatic rings. The van der Waals surface area contributed by atoms with E-state index in [1.165, 1.54) is 6.07 Å². The molecule has 0 spiro atoms. The Morgan fingerprint density at radius 2 is 1.88 bits per heavy atom. The molecule has 6 nitrogen and oxygen atoms in total. The molecule has 1 aliphatic heterocycles. The van der Waals surface area contributed by atoms with Crippen LogP contribution >= 0.6 is 11.6 Å². The largest absolute Gasteiger partial charge is 0.573 e. The minimum Gasteiger partial charge on any atom is -0.405 e. The van der Waals surface area contributed by atoms with Crippen LogP contribution in [0.25, 0.3) is 22.2 Å². The molecule has 1 saturated heterocycles. The Kier molecular flexibility index (Phi) is 6.32. The second-order valence-corrected chi connectivity index (χ2v) is 7.90. The minimum atomic E-state index is -4.92. The first-order valence-corrected chi connectivity index (χ1v) is 10.4. The number of nitrogens with two attached hydrogens (primary N) is 2. The number of halogens is 4. The number of ether oxygens (including phenoxy) is 2. The molecule has 32 heavy (non-hydrogen) atoms. The lowest BCUT2D eigenvalue weighted by molar-refractivity contribution is -0.274. The number of nitrogens with zero attached hydrogens (tertiary/aromatic N) is 2. The molecule has 0 radical (unpaired) electrons. The lowest BCUT2D eigenvalue weighted by Crippen LogP contribution is -2.37. The van der Waals surface area contributed by atoms with Gasteiger partial charge in [-0.05, 0) is 24.6 Å². The van der Waals surface area contributed by atoms with E-state index in [-0.39, 0.29) is 34.6 Å². The number of para-hydroxylation sites is 1. The molecule has 4 N–H and O–H groups in total. The van der Waals surface area contributed by atoms with Crippen LogP contribution in [0.2, 0.25) is 5.02 Å². The Labute approximate surface area is 187 Å². The van der Waals surface area contributed by atoms with Gasteiger partial charge in [0.2, 0.25) is 0 Å². The standard InChI is InChI=1S/C22H22ClF3N4O2/c23-16-3-1-2-13-4-5-18(29-20(13)16)15-12-17(27)19(28)14(21(15)32-22(24,25)26)6-7-30-8-10-31-11-9-30/h1-5,12H,6-11,27-28H2. The number of alkyl halides is 3. The van der Waals surface area contributed by atoms with Gasteiger partial charge in [-0.2, -0.15) is 0 Å². The van der Waals surface area contributed by atoms with Gasteiger partial charge in [0.25, 0.3) is 0 Å². The molecule has 1 aromatic heterocycles. The number of rotatable bonds is 5. The van der Waals surface area contributed by atoms with Crippen molar-refractivity contribution in [3.8, 4) is 17.0 Å². The molecule has 0 atom stereocenters. The molecule has 3 aromatic rings. The first-order chi connectivity index (χ1) is 15.2.